The van der Waals surface area contributed by atoms with E-state index in [9.17, 15) is 14.7 Å². The normalized spacial score (nSPS) is 13.6. The van der Waals surface area contributed by atoms with Gasteiger partial charge in [0.15, 0.2) is 11.5 Å². The Balaban J connectivity index is 2.11. The number of benzene rings is 1. The van der Waals surface area contributed by atoms with E-state index in [1.807, 2.05) is 0 Å². The fourth-order valence-corrected chi connectivity index (χ4v) is 2.69. The number of rotatable bonds is 4. The smallest absolute Gasteiger partial charge is 0.343 e. The van der Waals surface area contributed by atoms with Crippen LogP contribution in [0.5, 0.6) is 17.2 Å². The van der Waals surface area contributed by atoms with Gasteiger partial charge in [0.25, 0.3) is 0 Å². The highest BCUT2D eigenvalue weighted by Gasteiger charge is 2.27. The zero-order chi connectivity index (χ0) is 17.3. The van der Waals surface area contributed by atoms with Gasteiger partial charge in [0.1, 0.15) is 11.5 Å². The summed E-state index contributed by atoms with van der Waals surface area (Å²) >= 11 is 0. The van der Waals surface area contributed by atoms with Gasteiger partial charge in [0, 0.05) is 12.0 Å². The number of carbonyl (C=O) groups excluding carboxylic acids is 1. The fourth-order valence-electron chi connectivity index (χ4n) is 2.69. The van der Waals surface area contributed by atoms with E-state index < -0.39 is 17.5 Å². The molecule has 0 spiro atoms. The Kier molecular flexibility index (Phi) is 4.16. The molecule has 1 unspecified atom stereocenters. The zero-order valence-electron chi connectivity index (χ0n) is 13.2. The largest absolute Gasteiger partial charge is 0.507 e. The van der Waals surface area contributed by atoms with Gasteiger partial charge >= 0.3 is 11.6 Å². The molecule has 7 nitrogen and oxygen atoms in total. The first kappa shape index (κ1) is 15.9. The lowest BCUT2D eigenvalue weighted by Gasteiger charge is -2.17. The topological polar surface area (TPSA) is 95.2 Å². The minimum absolute atomic E-state index is 0.00450. The minimum atomic E-state index is -0.733. The lowest BCUT2D eigenvalue weighted by atomic mass is 9.88. The fraction of sp³-hybridized carbons (Fsp3) is 0.294. The van der Waals surface area contributed by atoms with Crippen LogP contribution in [0, 0.1) is 6.92 Å². The summed E-state index contributed by atoms with van der Waals surface area (Å²) in [4.78, 5) is 24.0. The van der Waals surface area contributed by atoms with Crippen LogP contribution in [0.4, 0.5) is 0 Å². The summed E-state index contributed by atoms with van der Waals surface area (Å²) < 4.78 is 20.4. The van der Waals surface area contributed by atoms with Gasteiger partial charge in [-0.15, -0.1) is 0 Å². The zero-order valence-corrected chi connectivity index (χ0v) is 13.2. The maximum atomic E-state index is 12.2. The molecule has 2 heterocycles. The van der Waals surface area contributed by atoms with Crippen molar-refractivity contribution in [2.45, 2.75) is 19.3 Å². The van der Waals surface area contributed by atoms with Crippen LogP contribution >= 0.6 is 0 Å². The molecule has 0 bridgehead atoms. The second-order valence-corrected chi connectivity index (χ2v) is 5.39. The third kappa shape index (κ3) is 2.92. The molecule has 0 saturated heterocycles. The number of hydrogen-bond donors (Lipinski definition) is 1. The van der Waals surface area contributed by atoms with Crippen molar-refractivity contribution in [1.29, 1.82) is 0 Å². The first-order chi connectivity index (χ1) is 11.5. The van der Waals surface area contributed by atoms with Crippen LogP contribution in [-0.4, -0.2) is 25.0 Å². The number of carbonyl (C=O) groups is 1. The predicted molar refractivity (Wildman–Crippen MR) is 82.4 cm³/mol. The third-order valence-corrected chi connectivity index (χ3v) is 3.84. The second kappa shape index (κ2) is 6.27. The van der Waals surface area contributed by atoms with Gasteiger partial charge in [0.05, 0.1) is 19.1 Å². The SMILES string of the molecule is COC(=O)CC(c1ccc2c(c1)OCO2)c1c(O)cc(C)oc1=O. The van der Waals surface area contributed by atoms with Gasteiger partial charge in [-0.2, -0.15) is 0 Å². The van der Waals surface area contributed by atoms with Crippen LogP contribution in [0.1, 0.15) is 29.2 Å². The van der Waals surface area contributed by atoms with Crippen molar-refractivity contribution in [3.8, 4) is 17.2 Å². The number of esters is 1. The van der Waals surface area contributed by atoms with Gasteiger partial charge in [-0.05, 0) is 24.6 Å². The van der Waals surface area contributed by atoms with Crippen LogP contribution in [-0.2, 0) is 9.53 Å². The van der Waals surface area contributed by atoms with Crippen molar-refractivity contribution >= 4 is 5.97 Å². The number of methoxy groups -OCH3 is 1. The molecule has 7 heteroatoms. The van der Waals surface area contributed by atoms with E-state index in [2.05, 4.69) is 0 Å². The molecule has 1 aromatic heterocycles. The van der Waals surface area contributed by atoms with Crippen molar-refractivity contribution in [3.63, 3.8) is 0 Å². The molecular weight excluding hydrogens is 316 g/mol. The molecule has 1 N–H and O–H groups in total. The Morgan fingerprint density at radius 1 is 1.29 bits per heavy atom. The van der Waals surface area contributed by atoms with Crippen molar-refractivity contribution in [2.24, 2.45) is 0 Å². The Morgan fingerprint density at radius 3 is 2.75 bits per heavy atom. The quantitative estimate of drug-likeness (QED) is 0.856. The van der Waals surface area contributed by atoms with Crippen LogP contribution in [0.3, 0.4) is 0 Å². The number of aromatic hydroxyl groups is 1. The Bertz CT molecular complexity index is 837. The summed E-state index contributed by atoms with van der Waals surface area (Å²) in [5.74, 6) is -0.103. The molecule has 1 atom stereocenters. The van der Waals surface area contributed by atoms with E-state index in [0.29, 0.717) is 17.1 Å². The molecule has 2 aromatic rings. The number of ether oxygens (including phenoxy) is 3. The summed E-state index contributed by atoms with van der Waals surface area (Å²) in [6.45, 7) is 1.67. The summed E-state index contributed by atoms with van der Waals surface area (Å²) in [5, 5.41) is 10.2. The van der Waals surface area contributed by atoms with Crippen molar-refractivity contribution in [1.82, 2.24) is 0 Å². The Labute approximate surface area is 137 Å². The lowest BCUT2D eigenvalue weighted by molar-refractivity contribution is -0.140. The first-order valence-electron chi connectivity index (χ1n) is 7.29. The van der Waals surface area contributed by atoms with E-state index in [1.165, 1.54) is 13.2 Å². The van der Waals surface area contributed by atoms with Crippen LogP contribution in [0.2, 0.25) is 0 Å². The molecule has 1 aliphatic rings. The van der Waals surface area contributed by atoms with E-state index in [0.717, 1.165) is 0 Å². The lowest BCUT2D eigenvalue weighted by Crippen LogP contribution is -2.18. The second-order valence-electron chi connectivity index (χ2n) is 5.39. The minimum Gasteiger partial charge on any atom is -0.507 e. The monoisotopic (exact) mass is 332 g/mol. The average Bonchev–Trinajstić information content (AvgIpc) is 3.00. The summed E-state index contributed by atoms with van der Waals surface area (Å²) in [5.41, 5.74) is -0.0833. The molecule has 1 aliphatic heterocycles. The molecule has 126 valence electrons. The maximum absolute atomic E-state index is 12.2. The number of aryl methyl sites for hydroxylation is 1. The predicted octanol–water partition coefficient (Wildman–Crippen LogP) is 2.08. The molecule has 0 aliphatic carbocycles. The van der Waals surface area contributed by atoms with E-state index >= 15 is 0 Å². The van der Waals surface area contributed by atoms with E-state index in [-0.39, 0.29) is 30.3 Å². The highest BCUT2D eigenvalue weighted by atomic mass is 16.7. The van der Waals surface area contributed by atoms with Gasteiger partial charge in [-0.25, -0.2) is 4.79 Å². The number of hydrogen-bond acceptors (Lipinski definition) is 7. The van der Waals surface area contributed by atoms with Gasteiger partial charge in [-0.1, -0.05) is 6.07 Å². The van der Waals surface area contributed by atoms with Gasteiger partial charge in [0.2, 0.25) is 6.79 Å². The highest BCUT2D eigenvalue weighted by Crippen LogP contribution is 2.38. The van der Waals surface area contributed by atoms with E-state index in [4.69, 9.17) is 18.6 Å². The Hall–Kier alpha value is -2.96. The molecular formula is C17H16O7. The summed E-state index contributed by atoms with van der Waals surface area (Å²) in [7, 11) is 1.26. The standard InChI is InChI=1S/C17H16O7/c1-9-5-12(18)16(17(20)24-9)11(7-15(19)21-2)10-3-4-13-14(6-10)23-8-22-13/h3-6,11,18H,7-8H2,1-2H3. The maximum Gasteiger partial charge on any atom is 0.343 e. The molecule has 3 rings (SSSR count). The molecule has 0 amide bonds. The molecule has 0 radical (unpaired) electrons. The van der Waals surface area contributed by atoms with Crippen LogP contribution < -0.4 is 15.1 Å². The molecule has 24 heavy (non-hydrogen) atoms. The van der Waals surface area contributed by atoms with Crippen LogP contribution in [0.15, 0.2) is 33.5 Å². The van der Waals surface area contributed by atoms with Crippen LogP contribution in [0.25, 0.3) is 0 Å². The highest BCUT2D eigenvalue weighted by molar-refractivity contribution is 5.71. The van der Waals surface area contributed by atoms with E-state index in [1.54, 1.807) is 25.1 Å². The summed E-state index contributed by atoms with van der Waals surface area (Å²) in [6, 6.07) is 6.41. The average molecular weight is 332 g/mol. The first-order valence-corrected chi connectivity index (χ1v) is 7.29. The van der Waals surface area contributed by atoms with Crippen molar-refractivity contribution in [3.05, 3.63) is 51.6 Å². The van der Waals surface area contributed by atoms with Gasteiger partial charge < -0.3 is 23.7 Å². The molecule has 0 fully saturated rings. The van der Waals surface area contributed by atoms with Gasteiger partial charge in [-0.3, -0.25) is 4.79 Å². The summed E-state index contributed by atoms with van der Waals surface area (Å²) in [6.07, 6.45) is -0.127. The van der Waals surface area contributed by atoms with Crippen molar-refractivity contribution < 1.29 is 28.5 Å². The Morgan fingerprint density at radius 2 is 2.04 bits per heavy atom. The number of fused-ring (bicyclic) bond motifs is 1. The molecule has 0 saturated carbocycles. The third-order valence-electron chi connectivity index (χ3n) is 3.84. The molecule has 1 aromatic carbocycles. The van der Waals surface area contributed by atoms with Crippen molar-refractivity contribution in [2.75, 3.05) is 13.9 Å².